The van der Waals surface area contributed by atoms with Crippen LogP contribution in [0.25, 0.3) is 16.5 Å². The van der Waals surface area contributed by atoms with Crippen molar-refractivity contribution in [2.75, 3.05) is 14.7 Å². The quantitative estimate of drug-likeness (QED) is 0.155. The molecule has 0 bridgehead atoms. The SMILES string of the molecule is CC(C)(C)c1ccc(N(c2ccc3c(c2)N(c2ccccc2)c2cccc4c2B3c2c(c3c(n2-c2ccccc2)CCCC3)N4c2ccccc2)c2ccc(C(C)(C)C)c3ccccc23)cc1. The normalized spacial score (nSPS) is 14.1. The van der Waals surface area contributed by atoms with Gasteiger partial charge in [0.1, 0.15) is 0 Å². The van der Waals surface area contributed by atoms with Gasteiger partial charge in [0.15, 0.2) is 0 Å². The summed E-state index contributed by atoms with van der Waals surface area (Å²) in [4.78, 5) is 7.65. The van der Waals surface area contributed by atoms with Crippen molar-refractivity contribution in [3.8, 4) is 5.69 Å². The minimum absolute atomic E-state index is 0.0167. The average molecular weight is 869 g/mol. The van der Waals surface area contributed by atoms with Crippen LogP contribution in [0.1, 0.15) is 76.8 Å². The summed E-state index contributed by atoms with van der Waals surface area (Å²) in [5, 5.41) is 2.53. The summed E-state index contributed by atoms with van der Waals surface area (Å²) in [6.45, 7) is 13.8. The predicted octanol–water partition coefficient (Wildman–Crippen LogP) is 14.7. The Kier molecular flexibility index (Phi) is 9.66. The Bertz CT molecular complexity index is 3320. The van der Waals surface area contributed by atoms with Gasteiger partial charge < -0.3 is 19.3 Å². The van der Waals surface area contributed by atoms with Crippen LogP contribution in [0.3, 0.4) is 0 Å². The lowest BCUT2D eigenvalue weighted by Gasteiger charge is -2.44. The summed E-state index contributed by atoms with van der Waals surface area (Å²) in [5.74, 6) is 0. The van der Waals surface area contributed by atoms with Gasteiger partial charge in [-0.1, -0.05) is 151 Å². The Morgan fingerprint density at radius 1 is 0.478 bits per heavy atom. The summed E-state index contributed by atoms with van der Waals surface area (Å²) in [5.41, 5.74) is 21.7. The largest absolute Gasteiger partial charge is 0.323 e. The first-order valence-electron chi connectivity index (χ1n) is 24.3. The summed E-state index contributed by atoms with van der Waals surface area (Å²) in [7, 11) is 0. The van der Waals surface area contributed by atoms with Crippen molar-refractivity contribution in [3.05, 3.63) is 210 Å². The van der Waals surface area contributed by atoms with Gasteiger partial charge in [-0.25, -0.2) is 0 Å². The van der Waals surface area contributed by atoms with Gasteiger partial charge in [-0.05, 0) is 148 Å². The van der Waals surface area contributed by atoms with Gasteiger partial charge in [0, 0.05) is 62.2 Å². The van der Waals surface area contributed by atoms with Crippen molar-refractivity contribution in [2.24, 2.45) is 0 Å². The molecule has 12 rings (SSSR count). The van der Waals surface area contributed by atoms with Crippen LogP contribution in [0.4, 0.5) is 51.2 Å². The lowest BCUT2D eigenvalue weighted by Crippen LogP contribution is -2.63. The highest BCUT2D eigenvalue weighted by Crippen LogP contribution is 2.49. The number of para-hydroxylation sites is 3. The third kappa shape index (κ3) is 6.65. The summed E-state index contributed by atoms with van der Waals surface area (Å²) >= 11 is 0. The van der Waals surface area contributed by atoms with Gasteiger partial charge in [0.2, 0.25) is 0 Å². The molecule has 0 radical (unpaired) electrons. The molecule has 0 atom stereocenters. The zero-order valence-electron chi connectivity index (χ0n) is 39.6. The van der Waals surface area contributed by atoms with E-state index in [1.54, 1.807) is 0 Å². The minimum Gasteiger partial charge on any atom is -0.323 e. The predicted molar refractivity (Wildman–Crippen MR) is 286 cm³/mol. The van der Waals surface area contributed by atoms with Gasteiger partial charge in [-0.2, -0.15) is 0 Å². The number of aromatic nitrogens is 1. The molecule has 328 valence electrons. The van der Waals surface area contributed by atoms with E-state index in [0.29, 0.717) is 0 Å². The zero-order valence-corrected chi connectivity index (χ0v) is 39.6. The van der Waals surface area contributed by atoms with Crippen molar-refractivity contribution in [1.29, 1.82) is 0 Å². The molecule has 4 nitrogen and oxygen atoms in total. The molecule has 8 aromatic carbocycles. The second kappa shape index (κ2) is 15.7. The van der Waals surface area contributed by atoms with E-state index in [4.69, 9.17) is 0 Å². The smallest absolute Gasteiger partial charge is 0.273 e. The highest BCUT2D eigenvalue weighted by Gasteiger charge is 2.47. The summed E-state index contributed by atoms with van der Waals surface area (Å²) in [6.07, 6.45) is 4.51. The fourth-order valence-electron chi connectivity index (χ4n) is 11.6. The Hall–Kier alpha value is -7.24. The fraction of sp³-hybridized carbons (Fsp3) is 0.194. The summed E-state index contributed by atoms with van der Waals surface area (Å²) < 4.78 is 2.67. The Morgan fingerprint density at radius 2 is 1.06 bits per heavy atom. The molecule has 0 unspecified atom stereocenters. The molecule has 1 aromatic heterocycles. The molecule has 0 N–H and O–H groups in total. The van der Waals surface area contributed by atoms with E-state index in [-0.39, 0.29) is 17.5 Å². The molecule has 9 aromatic rings. The van der Waals surface area contributed by atoms with E-state index in [0.717, 1.165) is 29.9 Å². The van der Waals surface area contributed by atoms with Gasteiger partial charge in [0.25, 0.3) is 6.71 Å². The topological polar surface area (TPSA) is 14.7 Å². The van der Waals surface area contributed by atoms with Crippen molar-refractivity contribution >= 4 is 85.2 Å². The molecule has 0 spiro atoms. The van der Waals surface area contributed by atoms with Crippen LogP contribution >= 0.6 is 0 Å². The van der Waals surface area contributed by atoms with Crippen molar-refractivity contribution in [1.82, 2.24) is 4.57 Å². The van der Waals surface area contributed by atoms with Crippen molar-refractivity contribution in [3.63, 3.8) is 0 Å². The first-order chi connectivity index (χ1) is 32.6. The maximum atomic E-state index is 2.67. The Balaban J connectivity index is 1.16. The van der Waals surface area contributed by atoms with Crippen LogP contribution in [0.5, 0.6) is 0 Å². The molecule has 2 aliphatic heterocycles. The molecule has 0 fully saturated rings. The molecule has 0 amide bonds. The van der Waals surface area contributed by atoms with E-state index in [1.165, 1.54) is 102 Å². The highest BCUT2D eigenvalue weighted by atomic mass is 15.2. The maximum Gasteiger partial charge on any atom is 0.273 e. The number of benzene rings is 8. The standard InChI is InChI=1S/C62H57BN4/c1-61(2,3)42-33-35-46(36-34-42)64(54-40-38-51(62(4,5)6)48-27-16-17-28-49(48)54)47-37-39-52-57(41-47)65(43-21-10-7-11-22-43)55-31-20-32-56-58(55)63(52)60-59(66(56)44-23-12-8-13-24-44)50-29-18-19-30-53(50)67(60)45-25-14-9-15-26-45/h7-17,20-28,31-41H,18-19,29-30H2,1-6H3. The van der Waals surface area contributed by atoms with Crippen LogP contribution < -0.4 is 31.2 Å². The molecule has 67 heavy (non-hydrogen) atoms. The van der Waals surface area contributed by atoms with E-state index < -0.39 is 0 Å². The lowest BCUT2D eigenvalue weighted by atomic mass is 9.35. The van der Waals surface area contributed by atoms with E-state index in [1.807, 2.05) is 0 Å². The van der Waals surface area contributed by atoms with Crippen LogP contribution in [-0.2, 0) is 23.7 Å². The van der Waals surface area contributed by atoms with Crippen LogP contribution in [-0.4, -0.2) is 11.3 Å². The number of fused-ring (bicyclic) bond motifs is 7. The molecular weight excluding hydrogens is 812 g/mol. The first-order valence-corrected chi connectivity index (χ1v) is 24.3. The first kappa shape index (κ1) is 41.2. The monoisotopic (exact) mass is 868 g/mol. The van der Waals surface area contributed by atoms with E-state index >= 15 is 0 Å². The Morgan fingerprint density at radius 3 is 1.72 bits per heavy atom. The number of nitrogens with zero attached hydrogens (tertiary/aromatic N) is 4. The second-order valence-electron chi connectivity index (χ2n) is 20.8. The molecule has 3 heterocycles. The second-order valence-corrected chi connectivity index (χ2v) is 20.8. The number of anilines is 9. The third-order valence-electron chi connectivity index (χ3n) is 14.6. The van der Waals surface area contributed by atoms with Gasteiger partial charge >= 0.3 is 0 Å². The minimum atomic E-state index is -0.0256. The fourth-order valence-corrected chi connectivity index (χ4v) is 11.6. The third-order valence-corrected chi connectivity index (χ3v) is 14.6. The highest BCUT2D eigenvalue weighted by molar-refractivity contribution is 7.00. The molecule has 1 aliphatic carbocycles. The lowest BCUT2D eigenvalue weighted by molar-refractivity contribution is 0.590. The van der Waals surface area contributed by atoms with Gasteiger partial charge in [-0.15, -0.1) is 0 Å². The van der Waals surface area contributed by atoms with Crippen LogP contribution in [0, 0.1) is 0 Å². The number of rotatable bonds is 6. The number of hydrogen-bond acceptors (Lipinski definition) is 3. The Labute approximate surface area is 396 Å². The van der Waals surface area contributed by atoms with Crippen molar-refractivity contribution in [2.45, 2.75) is 78.1 Å². The van der Waals surface area contributed by atoms with Crippen LogP contribution in [0.2, 0.25) is 0 Å². The van der Waals surface area contributed by atoms with Gasteiger partial charge in [-0.3, -0.25) is 0 Å². The van der Waals surface area contributed by atoms with Gasteiger partial charge in [0.05, 0.1) is 11.4 Å². The van der Waals surface area contributed by atoms with Crippen molar-refractivity contribution < 1.29 is 0 Å². The van der Waals surface area contributed by atoms with Crippen LogP contribution in [0.15, 0.2) is 188 Å². The molecule has 0 saturated heterocycles. The average Bonchev–Trinajstić information content (AvgIpc) is 3.69. The molecule has 0 saturated carbocycles. The maximum absolute atomic E-state index is 2.67. The van der Waals surface area contributed by atoms with E-state index in [9.17, 15) is 0 Å². The van der Waals surface area contributed by atoms with E-state index in [2.05, 4.69) is 249 Å². The molecule has 5 heteroatoms. The molecule has 3 aliphatic rings. The molecular formula is C62H57BN4. The summed E-state index contributed by atoms with van der Waals surface area (Å²) in [6, 6.07) is 70.7. The zero-order chi connectivity index (χ0) is 45.6. The number of hydrogen-bond donors (Lipinski definition) is 0.